The van der Waals surface area contributed by atoms with Gasteiger partial charge in [0.2, 0.25) is 5.95 Å². The molecule has 0 amide bonds. The van der Waals surface area contributed by atoms with Crippen molar-refractivity contribution < 1.29 is 4.74 Å². The van der Waals surface area contributed by atoms with Crippen molar-refractivity contribution in [1.82, 2.24) is 20.2 Å². The van der Waals surface area contributed by atoms with Crippen LogP contribution >= 0.6 is 11.3 Å². The molecule has 0 aliphatic carbocycles. The summed E-state index contributed by atoms with van der Waals surface area (Å²) in [6.45, 7) is 1.29. The Kier molecular flexibility index (Phi) is 3.39. The van der Waals surface area contributed by atoms with Crippen molar-refractivity contribution >= 4 is 27.5 Å². The first-order valence-corrected chi connectivity index (χ1v) is 6.69. The number of hydrogen-bond acceptors (Lipinski definition) is 6. The zero-order chi connectivity index (χ0) is 13.1. The summed E-state index contributed by atoms with van der Waals surface area (Å²) in [5.41, 5.74) is 0.979. The highest BCUT2D eigenvalue weighted by atomic mass is 32.1. The van der Waals surface area contributed by atoms with Crippen LogP contribution in [-0.2, 0) is 4.74 Å². The van der Waals surface area contributed by atoms with Gasteiger partial charge in [0.05, 0.1) is 16.8 Å². The van der Waals surface area contributed by atoms with E-state index in [4.69, 9.17) is 4.74 Å². The average molecular weight is 275 g/mol. The SMILES string of the molecule is COCCNc1n[nH]c(-c2nc3ccccc3s2)n1. The molecule has 0 unspecified atom stereocenters. The van der Waals surface area contributed by atoms with Crippen LogP contribution in [0.1, 0.15) is 0 Å². The number of H-pyrrole nitrogens is 1. The Hall–Kier alpha value is -1.99. The lowest BCUT2D eigenvalue weighted by Gasteiger charge is -1.98. The number of methoxy groups -OCH3 is 1. The summed E-state index contributed by atoms with van der Waals surface area (Å²) >= 11 is 1.59. The predicted molar refractivity (Wildman–Crippen MR) is 75.4 cm³/mol. The van der Waals surface area contributed by atoms with Crippen molar-refractivity contribution in [1.29, 1.82) is 0 Å². The molecule has 7 heteroatoms. The van der Waals surface area contributed by atoms with Gasteiger partial charge in [-0.2, -0.15) is 4.98 Å². The highest BCUT2D eigenvalue weighted by molar-refractivity contribution is 7.21. The van der Waals surface area contributed by atoms with Gasteiger partial charge in [-0.15, -0.1) is 16.4 Å². The van der Waals surface area contributed by atoms with Gasteiger partial charge in [-0.25, -0.2) is 4.98 Å². The van der Waals surface area contributed by atoms with Gasteiger partial charge in [0, 0.05) is 13.7 Å². The van der Waals surface area contributed by atoms with E-state index < -0.39 is 0 Å². The predicted octanol–water partition coefficient (Wildman–Crippen LogP) is 2.14. The van der Waals surface area contributed by atoms with Gasteiger partial charge in [0.1, 0.15) is 0 Å². The third-order valence-electron chi connectivity index (χ3n) is 2.57. The van der Waals surface area contributed by atoms with E-state index in [1.165, 1.54) is 0 Å². The Bertz CT molecular complexity index is 644. The number of fused-ring (bicyclic) bond motifs is 1. The van der Waals surface area contributed by atoms with Crippen molar-refractivity contribution in [3.63, 3.8) is 0 Å². The normalized spacial score (nSPS) is 11.0. The molecule has 0 aliphatic rings. The molecule has 2 heterocycles. The van der Waals surface area contributed by atoms with Crippen LogP contribution in [0.5, 0.6) is 0 Å². The van der Waals surface area contributed by atoms with E-state index in [0.717, 1.165) is 15.2 Å². The Balaban J connectivity index is 1.81. The van der Waals surface area contributed by atoms with E-state index in [0.29, 0.717) is 24.9 Å². The molecule has 2 N–H and O–H groups in total. The summed E-state index contributed by atoms with van der Waals surface area (Å²) in [6, 6.07) is 8.01. The summed E-state index contributed by atoms with van der Waals surface area (Å²) in [6.07, 6.45) is 0. The highest BCUT2D eigenvalue weighted by Crippen LogP contribution is 2.27. The zero-order valence-corrected chi connectivity index (χ0v) is 11.2. The minimum absolute atomic E-state index is 0.561. The highest BCUT2D eigenvalue weighted by Gasteiger charge is 2.10. The summed E-state index contributed by atoms with van der Waals surface area (Å²) < 4.78 is 6.10. The van der Waals surface area contributed by atoms with Crippen LogP contribution in [0.3, 0.4) is 0 Å². The second kappa shape index (κ2) is 5.33. The van der Waals surface area contributed by atoms with Crippen LogP contribution in [0.25, 0.3) is 21.0 Å². The summed E-state index contributed by atoms with van der Waals surface area (Å²) in [4.78, 5) is 8.89. The monoisotopic (exact) mass is 275 g/mol. The number of benzene rings is 1. The number of thiazole rings is 1. The Labute approximate surface area is 113 Å². The lowest BCUT2D eigenvalue weighted by atomic mass is 10.3. The molecule has 3 rings (SSSR count). The maximum absolute atomic E-state index is 4.96. The quantitative estimate of drug-likeness (QED) is 0.698. The molecule has 0 fully saturated rings. The minimum Gasteiger partial charge on any atom is -0.383 e. The molecular formula is C12H13N5OS. The molecule has 0 radical (unpaired) electrons. The first-order chi connectivity index (χ1) is 9.36. The van der Waals surface area contributed by atoms with Gasteiger partial charge in [0.25, 0.3) is 0 Å². The molecule has 2 aromatic heterocycles. The number of hydrogen-bond donors (Lipinski definition) is 2. The third kappa shape index (κ3) is 2.56. The van der Waals surface area contributed by atoms with Crippen molar-refractivity contribution in [2.24, 2.45) is 0 Å². The molecule has 1 aromatic carbocycles. The molecule has 0 saturated heterocycles. The third-order valence-corrected chi connectivity index (χ3v) is 3.61. The number of anilines is 1. The Morgan fingerprint density at radius 2 is 2.21 bits per heavy atom. The van der Waals surface area contributed by atoms with Crippen LogP contribution in [0.2, 0.25) is 0 Å². The summed E-state index contributed by atoms with van der Waals surface area (Å²) in [5, 5.41) is 10.9. The molecule has 98 valence electrons. The van der Waals surface area contributed by atoms with Crippen LogP contribution < -0.4 is 5.32 Å². The maximum Gasteiger partial charge on any atom is 0.242 e. The second-order valence-corrected chi connectivity index (χ2v) is 4.94. The molecular weight excluding hydrogens is 262 g/mol. The Morgan fingerprint density at radius 3 is 3.05 bits per heavy atom. The molecule has 0 spiro atoms. The fourth-order valence-corrected chi connectivity index (χ4v) is 2.58. The molecule has 0 aliphatic heterocycles. The van der Waals surface area contributed by atoms with Crippen LogP contribution in [-0.4, -0.2) is 40.4 Å². The first-order valence-electron chi connectivity index (χ1n) is 5.88. The van der Waals surface area contributed by atoms with Gasteiger partial charge in [-0.3, -0.25) is 5.10 Å². The number of rotatable bonds is 5. The van der Waals surface area contributed by atoms with E-state index in [9.17, 15) is 0 Å². The zero-order valence-electron chi connectivity index (χ0n) is 10.4. The van der Waals surface area contributed by atoms with Crippen molar-refractivity contribution in [2.45, 2.75) is 0 Å². The molecule has 19 heavy (non-hydrogen) atoms. The van der Waals surface area contributed by atoms with Gasteiger partial charge in [-0.1, -0.05) is 12.1 Å². The van der Waals surface area contributed by atoms with E-state index in [-0.39, 0.29) is 0 Å². The van der Waals surface area contributed by atoms with Gasteiger partial charge >= 0.3 is 0 Å². The molecule has 3 aromatic rings. The second-order valence-electron chi connectivity index (χ2n) is 3.91. The molecule has 0 saturated carbocycles. The number of aromatic nitrogens is 4. The lowest BCUT2D eigenvalue weighted by Crippen LogP contribution is -2.08. The summed E-state index contributed by atoms with van der Waals surface area (Å²) in [5.74, 6) is 1.24. The van der Waals surface area contributed by atoms with Crippen LogP contribution in [0.15, 0.2) is 24.3 Å². The number of para-hydroxylation sites is 1. The number of nitrogens with zero attached hydrogens (tertiary/aromatic N) is 3. The van der Waals surface area contributed by atoms with E-state index in [1.807, 2.05) is 24.3 Å². The molecule has 0 atom stereocenters. The Morgan fingerprint density at radius 1 is 1.32 bits per heavy atom. The molecule has 6 nitrogen and oxygen atoms in total. The van der Waals surface area contributed by atoms with E-state index in [2.05, 4.69) is 25.5 Å². The number of ether oxygens (including phenoxy) is 1. The first kappa shape index (κ1) is 12.1. The van der Waals surface area contributed by atoms with E-state index in [1.54, 1.807) is 18.4 Å². The molecule has 0 bridgehead atoms. The topological polar surface area (TPSA) is 75.7 Å². The fraction of sp³-hybridized carbons (Fsp3) is 0.250. The largest absolute Gasteiger partial charge is 0.383 e. The summed E-state index contributed by atoms with van der Waals surface area (Å²) in [7, 11) is 1.66. The fourth-order valence-electron chi connectivity index (χ4n) is 1.67. The standard InChI is InChI=1S/C12H13N5OS/c1-18-7-6-13-12-15-10(16-17-12)11-14-8-4-2-3-5-9(8)19-11/h2-5H,6-7H2,1H3,(H2,13,15,16,17). The van der Waals surface area contributed by atoms with Crippen molar-refractivity contribution in [3.05, 3.63) is 24.3 Å². The maximum atomic E-state index is 4.96. The lowest BCUT2D eigenvalue weighted by molar-refractivity contribution is 0.210. The smallest absolute Gasteiger partial charge is 0.242 e. The van der Waals surface area contributed by atoms with Gasteiger partial charge in [0.15, 0.2) is 10.8 Å². The van der Waals surface area contributed by atoms with E-state index >= 15 is 0 Å². The van der Waals surface area contributed by atoms with Gasteiger partial charge < -0.3 is 10.1 Å². The van der Waals surface area contributed by atoms with Crippen LogP contribution in [0.4, 0.5) is 5.95 Å². The van der Waals surface area contributed by atoms with Gasteiger partial charge in [-0.05, 0) is 12.1 Å². The van der Waals surface area contributed by atoms with Crippen molar-refractivity contribution in [2.75, 3.05) is 25.6 Å². The minimum atomic E-state index is 0.561. The van der Waals surface area contributed by atoms with Crippen LogP contribution in [0, 0.1) is 0 Å². The number of nitrogens with one attached hydrogen (secondary N) is 2. The average Bonchev–Trinajstić information content (AvgIpc) is 3.04. The number of aromatic amines is 1. The van der Waals surface area contributed by atoms with Crippen molar-refractivity contribution in [3.8, 4) is 10.8 Å².